The van der Waals surface area contributed by atoms with Crippen molar-refractivity contribution in [3.05, 3.63) is 72.3 Å². The number of alkyl halides is 1. The minimum atomic E-state index is -0.974. The lowest BCUT2D eigenvalue weighted by Gasteiger charge is -2.43. The Bertz CT molecular complexity index is 940. The quantitative estimate of drug-likeness (QED) is 0.728. The van der Waals surface area contributed by atoms with Crippen molar-refractivity contribution in [1.82, 2.24) is 15.0 Å². The van der Waals surface area contributed by atoms with E-state index in [1.165, 1.54) is 36.8 Å². The van der Waals surface area contributed by atoms with Gasteiger partial charge in [-0.1, -0.05) is 18.2 Å². The van der Waals surface area contributed by atoms with Crippen LogP contribution in [0.2, 0.25) is 0 Å². The van der Waals surface area contributed by atoms with Crippen LogP contribution in [0.3, 0.4) is 0 Å². The number of aromatic nitrogens is 3. The molecule has 0 aliphatic heterocycles. The van der Waals surface area contributed by atoms with Crippen LogP contribution in [0.5, 0.6) is 0 Å². The van der Waals surface area contributed by atoms with Crippen LogP contribution in [0.4, 0.5) is 19.1 Å². The van der Waals surface area contributed by atoms with Gasteiger partial charge in [0.2, 0.25) is 5.95 Å². The number of hydrogen-bond donors (Lipinski definition) is 1. The summed E-state index contributed by atoms with van der Waals surface area (Å²) in [7, 11) is 0. The molecule has 0 atom stereocenters. The molecule has 1 aliphatic carbocycles. The Morgan fingerprint density at radius 2 is 1.67 bits per heavy atom. The second kappa shape index (κ2) is 6.98. The first-order chi connectivity index (χ1) is 13.1. The van der Waals surface area contributed by atoms with Gasteiger partial charge in [0.05, 0.1) is 5.69 Å². The third-order valence-corrected chi connectivity index (χ3v) is 4.91. The molecule has 4 rings (SSSR count). The van der Waals surface area contributed by atoms with Crippen molar-refractivity contribution >= 4 is 5.95 Å². The molecule has 7 heteroatoms. The van der Waals surface area contributed by atoms with E-state index < -0.39 is 17.4 Å². The van der Waals surface area contributed by atoms with Crippen molar-refractivity contribution in [2.24, 2.45) is 0 Å². The van der Waals surface area contributed by atoms with Gasteiger partial charge < -0.3 is 5.32 Å². The summed E-state index contributed by atoms with van der Waals surface area (Å²) >= 11 is 0. The summed E-state index contributed by atoms with van der Waals surface area (Å²) in [5.74, 6) is -0.482. The summed E-state index contributed by atoms with van der Waals surface area (Å²) in [6.07, 6.45) is 3.95. The number of hydrogen-bond acceptors (Lipinski definition) is 4. The summed E-state index contributed by atoms with van der Waals surface area (Å²) in [5.41, 5.74) is 0.500. The molecular weight excluding hydrogens is 353 g/mol. The average molecular weight is 370 g/mol. The second-order valence-electron chi connectivity index (χ2n) is 6.75. The summed E-state index contributed by atoms with van der Waals surface area (Å²) < 4.78 is 41.6. The third-order valence-electron chi connectivity index (χ3n) is 4.91. The zero-order chi connectivity index (χ0) is 18.9. The number of nitrogens with zero attached hydrogens (tertiary/aromatic N) is 3. The van der Waals surface area contributed by atoms with E-state index in [1.54, 1.807) is 18.2 Å². The Balaban J connectivity index is 1.51. The maximum absolute atomic E-state index is 14.2. The Labute approximate surface area is 154 Å². The van der Waals surface area contributed by atoms with Crippen LogP contribution < -0.4 is 5.32 Å². The lowest BCUT2D eigenvalue weighted by molar-refractivity contribution is 0.0963. The summed E-state index contributed by atoms with van der Waals surface area (Å²) in [5, 5.41) is 3.04. The molecule has 1 saturated carbocycles. The molecule has 0 spiro atoms. The van der Waals surface area contributed by atoms with Gasteiger partial charge in [0.25, 0.3) is 0 Å². The third kappa shape index (κ3) is 3.37. The van der Waals surface area contributed by atoms with Crippen molar-refractivity contribution in [2.45, 2.75) is 24.4 Å². The predicted molar refractivity (Wildman–Crippen MR) is 95.9 cm³/mol. The van der Waals surface area contributed by atoms with E-state index >= 15 is 0 Å². The number of benzene rings is 1. The SMILES string of the molecule is Fc1ccccc1-c1cnc(NCC2(c3ncccc3F)CC(F)C2)nc1. The minimum Gasteiger partial charge on any atom is -0.353 e. The highest BCUT2D eigenvalue weighted by Gasteiger charge is 2.48. The maximum atomic E-state index is 14.2. The highest BCUT2D eigenvalue weighted by molar-refractivity contribution is 5.62. The molecule has 0 radical (unpaired) electrons. The highest BCUT2D eigenvalue weighted by Crippen LogP contribution is 2.45. The zero-order valence-electron chi connectivity index (χ0n) is 14.4. The lowest BCUT2D eigenvalue weighted by atomic mass is 9.65. The predicted octanol–water partition coefficient (Wildman–Crippen LogP) is 4.30. The van der Waals surface area contributed by atoms with E-state index in [-0.39, 0.29) is 30.9 Å². The molecule has 4 nitrogen and oxygen atoms in total. The zero-order valence-corrected chi connectivity index (χ0v) is 14.4. The van der Waals surface area contributed by atoms with E-state index in [4.69, 9.17) is 0 Å². The molecule has 3 aromatic rings. The Morgan fingerprint density at radius 3 is 2.33 bits per heavy atom. The van der Waals surface area contributed by atoms with Gasteiger partial charge in [-0.2, -0.15) is 0 Å². The first-order valence-electron chi connectivity index (χ1n) is 8.63. The molecule has 1 N–H and O–H groups in total. The number of halogens is 3. The van der Waals surface area contributed by atoms with Crippen molar-refractivity contribution in [3.63, 3.8) is 0 Å². The van der Waals surface area contributed by atoms with Crippen LogP contribution in [-0.4, -0.2) is 27.7 Å². The molecule has 1 aliphatic rings. The van der Waals surface area contributed by atoms with Crippen LogP contribution in [-0.2, 0) is 5.41 Å². The molecule has 0 saturated heterocycles. The molecule has 1 aromatic carbocycles. The smallest absolute Gasteiger partial charge is 0.222 e. The minimum absolute atomic E-state index is 0.196. The summed E-state index contributed by atoms with van der Waals surface area (Å²) in [6.45, 7) is 0.264. The Morgan fingerprint density at radius 1 is 0.963 bits per heavy atom. The molecule has 1 fully saturated rings. The topological polar surface area (TPSA) is 50.7 Å². The van der Waals surface area contributed by atoms with E-state index in [9.17, 15) is 13.2 Å². The molecule has 0 bridgehead atoms. The molecular formula is C20H17F3N4. The summed E-state index contributed by atoms with van der Waals surface area (Å²) in [4.78, 5) is 12.5. The van der Waals surface area contributed by atoms with Crippen molar-refractivity contribution < 1.29 is 13.2 Å². The van der Waals surface area contributed by atoms with E-state index in [2.05, 4.69) is 20.3 Å². The van der Waals surface area contributed by atoms with Crippen LogP contribution in [0, 0.1) is 11.6 Å². The fourth-order valence-corrected chi connectivity index (χ4v) is 3.49. The van der Waals surface area contributed by atoms with Crippen molar-refractivity contribution in [3.8, 4) is 11.1 Å². The highest BCUT2D eigenvalue weighted by atomic mass is 19.1. The molecule has 0 unspecified atom stereocenters. The monoisotopic (exact) mass is 370 g/mol. The molecule has 0 amide bonds. The van der Waals surface area contributed by atoms with Crippen molar-refractivity contribution in [2.75, 3.05) is 11.9 Å². The largest absolute Gasteiger partial charge is 0.353 e. The number of nitrogens with one attached hydrogen (secondary N) is 1. The fraction of sp³-hybridized carbons (Fsp3) is 0.250. The van der Waals surface area contributed by atoms with E-state index in [0.717, 1.165) is 0 Å². The Hall–Kier alpha value is -2.96. The lowest BCUT2D eigenvalue weighted by Crippen LogP contribution is -2.49. The first-order valence-corrected chi connectivity index (χ1v) is 8.63. The number of anilines is 1. The van der Waals surface area contributed by atoms with Crippen LogP contribution in [0.15, 0.2) is 55.0 Å². The van der Waals surface area contributed by atoms with E-state index in [0.29, 0.717) is 17.1 Å². The maximum Gasteiger partial charge on any atom is 0.222 e. The summed E-state index contributed by atoms with van der Waals surface area (Å²) in [6, 6.07) is 9.21. The molecule has 138 valence electrons. The van der Waals surface area contributed by atoms with Gasteiger partial charge >= 0.3 is 0 Å². The van der Waals surface area contributed by atoms with E-state index in [1.807, 2.05) is 0 Å². The van der Waals surface area contributed by atoms with Gasteiger partial charge in [0.15, 0.2) is 0 Å². The van der Waals surface area contributed by atoms with Crippen molar-refractivity contribution in [1.29, 1.82) is 0 Å². The molecule has 2 aromatic heterocycles. The van der Waals surface area contributed by atoms with Crippen LogP contribution in [0.1, 0.15) is 18.5 Å². The molecule has 2 heterocycles. The fourth-order valence-electron chi connectivity index (χ4n) is 3.49. The molecule has 27 heavy (non-hydrogen) atoms. The van der Waals surface area contributed by atoms with Gasteiger partial charge in [-0.15, -0.1) is 0 Å². The van der Waals surface area contributed by atoms with Gasteiger partial charge in [-0.05, 0) is 31.0 Å². The number of rotatable bonds is 5. The van der Waals surface area contributed by atoms with Gasteiger partial charge in [0, 0.05) is 41.7 Å². The van der Waals surface area contributed by atoms with Crippen LogP contribution in [0.25, 0.3) is 11.1 Å². The van der Waals surface area contributed by atoms with Gasteiger partial charge in [-0.25, -0.2) is 23.1 Å². The number of pyridine rings is 1. The normalized spacial score (nSPS) is 21.5. The van der Waals surface area contributed by atoms with Gasteiger partial charge in [0.1, 0.15) is 17.8 Å². The van der Waals surface area contributed by atoms with Crippen LogP contribution >= 0.6 is 0 Å². The average Bonchev–Trinajstić information content (AvgIpc) is 2.66. The van der Waals surface area contributed by atoms with Gasteiger partial charge in [-0.3, -0.25) is 4.98 Å². The first kappa shape index (κ1) is 17.5. The standard InChI is InChI=1S/C20H17F3N4/c21-14-8-20(9-14,18-17(23)6-3-7-24-18)12-27-19-25-10-13(11-26-19)15-4-1-2-5-16(15)22/h1-7,10-11,14H,8-9,12H2,(H,25,26,27). The Kier molecular flexibility index (Phi) is 4.51. The second-order valence-corrected chi connectivity index (χ2v) is 6.75.